The number of nitrogens with two attached hydrogens (primary N) is 1. The Morgan fingerprint density at radius 1 is 1.06 bits per heavy atom. The number of halogens is 1. The van der Waals surface area contributed by atoms with Gasteiger partial charge in [-0.05, 0) is 49.2 Å². The molecule has 0 aromatic heterocycles. The quantitative estimate of drug-likeness (QED) is 0.277. The first-order valence-corrected chi connectivity index (χ1v) is 10.9. The molecule has 10 heteroatoms. The summed E-state index contributed by atoms with van der Waals surface area (Å²) in [6.07, 6.45) is 0. The van der Waals surface area contributed by atoms with Crippen LogP contribution in [0.15, 0.2) is 52.4 Å². The molecule has 0 aliphatic heterocycles. The lowest BCUT2D eigenvalue weighted by molar-refractivity contribution is 0.354. The maximum Gasteiger partial charge on any atom is 0.243 e. The highest BCUT2D eigenvalue weighted by Gasteiger charge is 2.22. The van der Waals surface area contributed by atoms with Gasteiger partial charge in [-0.1, -0.05) is 18.2 Å². The van der Waals surface area contributed by atoms with Gasteiger partial charge in [0, 0.05) is 19.6 Å². The molecule has 0 radical (unpaired) electrons. The van der Waals surface area contributed by atoms with Crippen LogP contribution >= 0.6 is 24.0 Å². The first-order chi connectivity index (χ1) is 14.2. The number of hydrogen-bond donors (Lipinski definition) is 2. The molecule has 0 spiro atoms. The van der Waals surface area contributed by atoms with Crippen LogP contribution in [0.25, 0.3) is 0 Å². The van der Waals surface area contributed by atoms with Crippen LogP contribution < -0.4 is 20.5 Å². The van der Waals surface area contributed by atoms with Crippen molar-refractivity contribution in [1.29, 1.82) is 0 Å². The lowest BCUT2D eigenvalue weighted by Gasteiger charge is -2.21. The molecule has 0 unspecified atom stereocenters. The van der Waals surface area contributed by atoms with Gasteiger partial charge < -0.3 is 20.5 Å². The zero-order valence-corrected chi connectivity index (χ0v) is 21.6. The highest BCUT2D eigenvalue weighted by molar-refractivity contribution is 14.0. The minimum Gasteiger partial charge on any atom is -0.493 e. The van der Waals surface area contributed by atoms with E-state index >= 15 is 0 Å². The molecular formula is C21H31IN4O4S. The number of aliphatic imine (C=N–C) groups is 1. The zero-order chi connectivity index (χ0) is 22.3. The Morgan fingerprint density at radius 2 is 1.65 bits per heavy atom. The lowest BCUT2D eigenvalue weighted by Crippen LogP contribution is -2.33. The number of methoxy groups -OCH3 is 2. The van der Waals surface area contributed by atoms with Crippen molar-refractivity contribution in [1.82, 2.24) is 9.62 Å². The number of nitrogens with one attached hydrogen (secondary N) is 1. The summed E-state index contributed by atoms with van der Waals surface area (Å²) in [5.74, 6) is 1.58. The highest BCUT2D eigenvalue weighted by atomic mass is 127. The third-order valence-electron chi connectivity index (χ3n) is 4.68. The molecule has 8 nitrogen and oxygen atoms in total. The predicted molar refractivity (Wildman–Crippen MR) is 134 cm³/mol. The molecule has 0 atom stereocenters. The van der Waals surface area contributed by atoms with E-state index in [-0.39, 0.29) is 34.9 Å². The van der Waals surface area contributed by atoms with Gasteiger partial charge in [-0.15, -0.1) is 24.0 Å². The molecule has 2 rings (SSSR count). The molecule has 2 aromatic rings. The summed E-state index contributed by atoms with van der Waals surface area (Å²) in [5.41, 5.74) is 7.77. The van der Waals surface area contributed by atoms with Crippen molar-refractivity contribution in [3.8, 4) is 11.5 Å². The van der Waals surface area contributed by atoms with Crippen molar-refractivity contribution < 1.29 is 17.9 Å². The Bertz CT molecular complexity index is 979. The molecule has 2 aromatic carbocycles. The number of guanidine groups is 1. The smallest absolute Gasteiger partial charge is 0.243 e. The molecule has 31 heavy (non-hydrogen) atoms. The molecule has 0 saturated carbocycles. The molecule has 0 saturated heterocycles. The molecule has 172 valence electrons. The predicted octanol–water partition coefficient (Wildman–Crippen LogP) is 2.96. The fourth-order valence-electron chi connectivity index (χ4n) is 2.63. The number of hydrogen-bond acceptors (Lipinski definition) is 5. The molecule has 0 aliphatic carbocycles. The van der Waals surface area contributed by atoms with E-state index in [1.54, 1.807) is 45.5 Å². The fraction of sp³-hybridized carbons (Fsp3) is 0.381. The molecule has 0 amide bonds. The van der Waals surface area contributed by atoms with Gasteiger partial charge in [0.1, 0.15) is 0 Å². The number of ether oxygens (including phenoxy) is 2. The third kappa shape index (κ3) is 7.25. The van der Waals surface area contributed by atoms with Crippen molar-refractivity contribution in [2.24, 2.45) is 10.7 Å². The van der Waals surface area contributed by atoms with Crippen molar-refractivity contribution in [3.63, 3.8) is 0 Å². The van der Waals surface area contributed by atoms with Crippen LogP contribution in [0.5, 0.6) is 11.5 Å². The van der Waals surface area contributed by atoms with Gasteiger partial charge in [-0.3, -0.25) is 0 Å². The second kappa shape index (κ2) is 12.1. The molecule has 3 N–H and O–H groups in total. The number of benzene rings is 2. The van der Waals surface area contributed by atoms with Gasteiger partial charge in [-0.2, -0.15) is 4.31 Å². The number of sulfonamides is 1. The Morgan fingerprint density at radius 3 is 2.19 bits per heavy atom. The average molecular weight is 562 g/mol. The normalized spacial score (nSPS) is 11.9. The molecule has 0 fully saturated rings. The second-order valence-electron chi connectivity index (χ2n) is 7.00. The van der Waals surface area contributed by atoms with Gasteiger partial charge in [0.15, 0.2) is 17.5 Å². The summed E-state index contributed by atoms with van der Waals surface area (Å²) in [4.78, 5) is 4.59. The van der Waals surface area contributed by atoms with Gasteiger partial charge in [0.25, 0.3) is 0 Å². The zero-order valence-electron chi connectivity index (χ0n) is 18.5. The van der Waals surface area contributed by atoms with Crippen LogP contribution in [0.2, 0.25) is 0 Å². The first kappa shape index (κ1) is 27.0. The Balaban J connectivity index is 0.00000480. The van der Waals surface area contributed by atoms with E-state index in [1.165, 1.54) is 4.31 Å². The summed E-state index contributed by atoms with van der Waals surface area (Å²) in [6, 6.07) is 12.2. The van der Waals surface area contributed by atoms with Crippen molar-refractivity contribution >= 4 is 40.0 Å². The number of rotatable bonds is 9. The van der Waals surface area contributed by atoms with Crippen molar-refractivity contribution in [2.45, 2.75) is 37.9 Å². The Labute approximate surface area is 201 Å². The molecular weight excluding hydrogens is 531 g/mol. The van der Waals surface area contributed by atoms with Gasteiger partial charge in [0.2, 0.25) is 10.0 Å². The van der Waals surface area contributed by atoms with Crippen LogP contribution in [0.4, 0.5) is 0 Å². The SMILES string of the molecule is COc1ccc(CN=C(N)NCc2ccc(S(=O)(=O)N(C)C(C)C)cc2)cc1OC.I. The van der Waals surface area contributed by atoms with E-state index in [9.17, 15) is 8.42 Å². The van der Waals surface area contributed by atoms with Crippen LogP contribution in [-0.2, 0) is 23.1 Å². The van der Waals surface area contributed by atoms with Crippen LogP contribution in [0.3, 0.4) is 0 Å². The van der Waals surface area contributed by atoms with Gasteiger partial charge >= 0.3 is 0 Å². The van der Waals surface area contributed by atoms with Crippen LogP contribution in [0, 0.1) is 0 Å². The summed E-state index contributed by atoms with van der Waals surface area (Å²) < 4.78 is 36.9. The molecule has 0 heterocycles. The third-order valence-corrected chi connectivity index (χ3v) is 6.73. The number of nitrogens with zero attached hydrogens (tertiary/aromatic N) is 2. The van der Waals surface area contributed by atoms with E-state index < -0.39 is 10.0 Å². The topological polar surface area (TPSA) is 106 Å². The molecule has 0 aliphatic rings. The summed E-state index contributed by atoms with van der Waals surface area (Å²) in [6.45, 7) is 4.49. The fourth-order valence-corrected chi connectivity index (χ4v) is 3.99. The Kier molecular flexibility index (Phi) is 10.5. The second-order valence-corrected chi connectivity index (χ2v) is 9.00. The highest BCUT2D eigenvalue weighted by Crippen LogP contribution is 2.27. The van der Waals surface area contributed by atoms with Gasteiger partial charge in [0.05, 0.1) is 25.7 Å². The largest absolute Gasteiger partial charge is 0.493 e. The monoisotopic (exact) mass is 562 g/mol. The summed E-state index contributed by atoms with van der Waals surface area (Å²) in [7, 11) is 1.25. The lowest BCUT2D eigenvalue weighted by atomic mass is 10.2. The molecule has 0 bridgehead atoms. The maximum absolute atomic E-state index is 12.5. The standard InChI is InChI=1S/C21H30N4O4S.HI/c1-15(2)25(3)30(26,27)18-9-6-16(7-10-18)13-23-21(22)24-14-17-8-11-19(28-4)20(12-17)29-5;/h6-12,15H,13-14H2,1-5H3,(H3,22,23,24);1H. The minimum atomic E-state index is -3.49. The van der Waals surface area contributed by atoms with Crippen LogP contribution in [0.1, 0.15) is 25.0 Å². The summed E-state index contributed by atoms with van der Waals surface area (Å²) in [5, 5.41) is 3.03. The summed E-state index contributed by atoms with van der Waals surface area (Å²) >= 11 is 0. The van der Waals surface area contributed by atoms with Crippen molar-refractivity contribution in [2.75, 3.05) is 21.3 Å². The van der Waals surface area contributed by atoms with E-state index in [0.29, 0.717) is 30.5 Å². The van der Waals surface area contributed by atoms with E-state index in [0.717, 1.165) is 11.1 Å². The van der Waals surface area contributed by atoms with E-state index in [4.69, 9.17) is 15.2 Å². The minimum absolute atomic E-state index is 0. The van der Waals surface area contributed by atoms with E-state index in [2.05, 4.69) is 10.3 Å². The van der Waals surface area contributed by atoms with Crippen LogP contribution in [-0.4, -0.2) is 46.0 Å². The first-order valence-electron chi connectivity index (χ1n) is 9.50. The van der Waals surface area contributed by atoms with Crippen molar-refractivity contribution in [3.05, 3.63) is 53.6 Å². The Hall–Kier alpha value is -2.05. The van der Waals surface area contributed by atoms with Gasteiger partial charge in [-0.25, -0.2) is 13.4 Å². The maximum atomic E-state index is 12.5. The van der Waals surface area contributed by atoms with E-state index in [1.807, 2.05) is 32.0 Å². The average Bonchev–Trinajstić information content (AvgIpc) is 2.75.